The van der Waals surface area contributed by atoms with Crippen molar-refractivity contribution < 1.29 is 10.2 Å². The van der Waals surface area contributed by atoms with E-state index in [0.717, 1.165) is 5.56 Å². The second kappa shape index (κ2) is 3.88. The Balaban J connectivity index is 1.97. The second-order valence-corrected chi connectivity index (χ2v) is 3.79. The molecule has 3 heteroatoms. The third-order valence-electron chi connectivity index (χ3n) is 2.78. The molecular weight excluding hydrogens is 178 g/mol. The topological polar surface area (TPSA) is 52.5 Å². The van der Waals surface area contributed by atoms with Gasteiger partial charge in [0.25, 0.3) is 0 Å². The Bertz CT molecular complexity index is 321. The van der Waals surface area contributed by atoms with Gasteiger partial charge in [-0.1, -0.05) is 18.6 Å². The van der Waals surface area contributed by atoms with Gasteiger partial charge in [-0.3, -0.25) is 0 Å². The van der Waals surface area contributed by atoms with Crippen molar-refractivity contribution in [3.63, 3.8) is 0 Å². The van der Waals surface area contributed by atoms with Crippen molar-refractivity contribution in [1.29, 1.82) is 0 Å². The van der Waals surface area contributed by atoms with Crippen molar-refractivity contribution >= 4 is 0 Å². The van der Waals surface area contributed by atoms with Crippen LogP contribution in [0, 0.1) is 0 Å². The Morgan fingerprint density at radius 1 is 1.29 bits per heavy atom. The van der Waals surface area contributed by atoms with Crippen LogP contribution < -0.4 is 5.32 Å². The molecule has 0 aromatic heterocycles. The molecule has 2 rings (SSSR count). The molecule has 14 heavy (non-hydrogen) atoms. The van der Waals surface area contributed by atoms with Gasteiger partial charge in [0.1, 0.15) is 0 Å². The number of hydrogen-bond acceptors (Lipinski definition) is 3. The first-order valence-electron chi connectivity index (χ1n) is 5.00. The SMILES string of the molecule is Oc1cccc(CNC2CCC2)c1O. The van der Waals surface area contributed by atoms with Crippen LogP contribution in [0.1, 0.15) is 24.8 Å². The maximum Gasteiger partial charge on any atom is 0.161 e. The van der Waals surface area contributed by atoms with Crippen LogP contribution in [0.3, 0.4) is 0 Å². The fraction of sp³-hybridized carbons (Fsp3) is 0.455. The van der Waals surface area contributed by atoms with E-state index in [1.165, 1.54) is 25.3 Å². The van der Waals surface area contributed by atoms with Gasteiger partial charge in [-0.2, -0.15) is 0 Å². The third kappa shape index (κ3) is 1.82. The Labute approximate surface area is 83.4 Å². The van der Waals surface area contributed by atoms with Gasteiger partial charge in [0.2, 0.25) is 0 Å². The van der Waals surface area contributed by atoms with Crippen LogP contribution in [-0.2, 0) is 6.54 Å². The van der Waals surface area contributed by atoms with E-state index in [4.69, 9.17) is 0 Å². The van der Waals surface area contributed by atoms with E-state index in [9.17, 15) is 10.2 Å². The molecule has 1 aliphatic carbocycles. The van der Waals surface area contributed by atoms with Gasteiger partial charge in [-0.25, -0.2) is 0 Å². The molecule has 0 heterocycles. The summed E-state index contributed by atoms with van der Waals surface area (Å²) in [5.41, 5.74) is 0.761. The highest BCUT2D eigenvalue weighted by Gasteiger charge is 2.17. The van der Waals surface area contributed by atoms with Gasteiger partial charge in [0.15, 0.2) is 11.5 Å². The quantitative estimate of drug-likeness (QED) is 0.641. The fourth-order valence-electron chi connectivity index (χ4n) is 1.59. The molecule has 0 saturated heterocycles. The van der Waals surface area contributed by atoms with Crippen LogP contribution in [0.2, 0.25) is 0 Å². The lowest BCUT2D eigenvalue weighted by molar-refractivity contribution is 0.334. The predicted molar refractivity (Wildman–Crippen MR) is 54.3 cm³/mol. The zero-order chi connectivity index (χ0) is 9.97. The molecule has 0 bridgehead atoms. The molecule has 1 fully saturated rings. The van der Waals surface area contributed by atoms with E-state index in [2.05, 4.69) is 5.32 Å². The molecule has 1 aliphatic rings. The number of phenolic OH excluding ortho intramolecular Hbond substituents is 2. The molecule has 0 aliphatic heterocycles. The number of nitrogens with one attached hydrogen (secondary N) is 1. The second-order valence-electron chi connectivity index (χ2n) is 3.79. The normalized spacial score (nSPS) is 16.6. The van der Waals surface area contributed by atoms with Crippen molar-refractivity contribution in [1.82, 2.24) is 5.32 Å². The maximum absolute atomic E-state index is 9.51. The Morgan fingerprint density at radius 3 is 2.71 bits per heavy atom. The van der Waals surface area contributed by atoms with Crippen LogP contribution in [0.5, 0.6) is 11.5 Å². The molecule has 3 N–H and O–H groups in total. The van der Waals surface area contributed by atoms with Gasteiger partial charge in [-0.05, 0) is 18.9 Å². The lowest BCUT2D eigenvalue weighted by Gasteiger charge is -2.26. The highest BCUT2D eigenvalue weighted by atomic mass is 16.3. The minimum absolute atomic E-state index is 0.000626. The van der Waals surface area contributed by atoms with Crippen LogP contribution in [0.25, 0.3) is 0 Å². The van der Waals surface area contributed by atoms with E-state index < -0.39 is 0 Å². The minimum atomic E-state index is -0.0436. The van der Waals surface area contributed by atoms with E-state index in [-0.39, 0.29) is 11.5 Å². The summed E-state index contributed by atoms with van der Waals surface area (Å²) in [6.07, 6.45) is 3.74. The van der Waals surface area contributed by atoms with Crippen LogP contribution in [0.15, 0.2) is 18.2 Å². The smallest absolute Gasteiger partial charge is 0.161 e. The fourth-order valence-corrected chi connectivity index (χ4v) is 1.59. The van der Waals surface area contributed by atoms with Crippen molar-refractivity contribution in [2.75, 3.05) is 0 Å². The first kappa shape index (κ1) is 9.34. The molecule has 1 saturated carbocycles. The van der Waals surface area contributed by atoms with Gasteiger partial charge >= 0.3 is 0 Å². The van der Waals surface area contributed by atoms with E-state index in [1.807, 2.05) is 6.07 Å². The number of hydrogen-bond donors (Lipinski definition) is 3. The molecule has 0 unspecified atom stereocenters. The van der Waals surface area contributed by atoms with Crippen LogP contribution >= 0.6 is 0 Å². The minimum Gasteiger partial charge on any atom is -0.504 e. The molecule has 3 nitrogen and oxygen atoms in total. The average molecular weight is 193 g/mol. The summed E-state index contributed by atoms with van der Waals surface area (Å²) >= 11 is 0. The number of aromatic hydroxyl groups is 2. The van der Waals surface area contributed by atoms with Crippen LogP contribution in [0.4, 0.5) is 0 Å². The summed E-state index contributed by atoms with van der Waals surface area (Å²) in [7, 11) is 0. The Hall–Kier alpha value is -1.22. The van der Waals surface area contributed by atoms with E-state index in [0.29, 0.717) is 12.6 Å². The molecule has 0 amide bonds. The Morgan fingerprint density at radius 2 is 2.07 bits per heavy atom. The van der Waals surface area contributed by atoms with E-state index in [1.54, 1.807) is 6.07 Å². The first-order chi connectivity index (χ1) is 6.77. The van der Waals surface area contributed by atoms with E-state index >= 15 is 0 Å². The van der Waals surface area contributed by atoms with Gasteiger partial charge in [-0.15, -0.1) is 0 Å². The lowest BCUT2D eigenvalue weighted by Crippen LogP contribution is -2.34. The van der Waals surface area contributed by atoms with Crippen LogP contribution in [-0.4, -0.2) is 16.3 Å². The summed E-state index contributed by atoms with van der Waals surface area (Å²) in [6, 6.07) is 5.65. The number of benzene rings is 1. The number of para-hydroxylation sites is 1. The molecule has 1 aromatic rings. The van der Waals surface area contributed by atoms with Crippen molar-refractivity contribution in [2.24, 2.45) is 0 Å². The van der Waals surface area contributed by atoms with Gasteiger partial charge < -0.3 is 15.5 Å². The van der Waals surface area contributed by atoms with Crippen molar-refractivity contribution in [3.8, 4) is 11.5 Å². The summed E-state index contributed by atoms with van der Waals surface area (Å²) in [6.45, 7) is 0.630. The summed E-state index contributed by atoms with van der Waals surface area (Å²) < 4.78 is 0. The number of phenols is 2. The largest absolute Gasteiger partial charge is 0.504 e. The first-order valence-corrected chi connectivity index (χ1v) is 5.00. The zero-order valence-corrected chi connectivity index (χ0v) is 8.03. The molecular formula is C11H15NO2. The molecule has 0 radical (unpaired) electrons. The summed E-state index contributed by atoms with van der Waals surface area (Å²) in [5.74, 6) is -0.0442. The molecule has 0 spiro atoms. The maximum atomic E-state index is 9.51. The number of rotatable bonds is 3. The average Bonchev–Trinajstić information content (AvgIpc) is 2.09. The van der Waals surface area contributed by atoms with Crippen molar-refractivity contribution in [2.45, 2.75) is 31.8 Å². The molecule has 1 aromatic carbocycles. The summed E-state index contributed by atoms with van der Waals surface area (Å²) in [5, 5.41) is 22.1. The standard InChI is InChI=1S/C11H15NO2/c13-10-6-1-3-8(11(10)14)7-12-9-4-2-5-9/h1,3,6,9,12-14H,2,4-5,7H2. The highest BCUT2D eigenvalue weighted by molar-refractivity contribution is 5.44. The highest BCUT2D eigenvalue weighted by Crippen LogP contribution is 2.28. The Kier molecular flexibility index (Phi) is 2.59. The van der Waals surface area contributed by atoms with Gasteiger partial charge in [0.05, 0.1) is 0 Å². The molecule has 76 valence electrons. The summed E-state index contributed by atoms with van der Waals surface area (Å²) in [4.78, 5) is 0. The molecule has 0 atom stereocenters. The predicted octanol–water partition coefficient (Wildman–Crippen LogP) is 1.74. The lowest BCUT2D eigenvalue weighted by atomic mass is 9.93. The monoisotopic (exact) mass is 193 g/mol. The third-order valence-corrected chi connectivity index (χ3v) is 2.78. The van der Waals surface area contributed by atoms with Crippen molar-refractivity contribution in [3.05, 3.63) is 23.8 Å². The van der Waals surface area contributed by atoms with Gasteiger partial charge in [0, 0.05) is 18.2 Å². The zero-order valence-electron chi connectivity index (χ0n) is 8.03.